The van der Waals surface area contributed by atoms with Crippen LogP contribution in [0.5, 0.6) is 0 Å². The van der Waals surface area contributed by atoms with Crippen molar-refractivity contribution in [2.45, 2.75) is 31.7 Å². The number of aromatic amines is 1. The van der Waals surface area contributed by atoms with E-state index in [1.807, 2.05) is 66.9 Å². The monoisotopic (exact) mass is 497 g/mol. The minimum absolute atomic E-state index is 0.0216. The summed E-state index contributed by atoms with van der Waals surface area (Å²) in [5.74, 6) is -0.0216. The van der Waals surface area contributed by atoms with E-state index in [1.54, 1.807) is 12.4 Å². The molecule has 5 aromatic rings. The van der Waals surface area contributed by atoms with Gasteiger partial charge in [-0.2, -0.15) is 5.26 Å². The highest BCUT2D eigenvalue weighted by Crippen LogP contribution is 2.35. The number of amides is 1. The van der Waals surface area contributed by atoms with Crippen LogP contribution in [0.15, 0.2) is 91.4 Å². The third-order valence-corrected chi connectivity index (χ3v) is 7.21. The number of fused-ring (bicyclic) bond motifs is 1. The summed E-state index contributed by atoms with van der Waals surface area (Å²) in [6.45, 7) is 0. The third-order valence-electron chi connectivity index (χ3n) is 7.21. The number of carbonyl (C=O) groups excluding carboxylic acids is 1. The first kappa shape index (κ1) is 23.5. The van der Waals surface area contributed by atoms with Gasteiger partial charge in [-0.3, -0.25) is 9.78 Å². The van der Waals surface area contributed by atoms with Crippen LogP contribution >= 0.6 is 0 Å². The van der Waals surface area contributed by atoms with Crippen molar-refractivity contribution in [3.05, 3.63) is 103 Å². The molecule has 0 bridgehead atoms. The number of aromatic nitrogens is 2. The van der Waals surface area contributed by atoms with Gasteiger partial charge in [0.1, 0.15) is 6.07 Å². The lowest BCUT2D eigenvalue weighted by molar-refractivity contribution is 0.0938. The van der Waals surface area contributed by atoms with Crippen LogP contribution in [0.4, 0.5) is 11.4 Å². The molecular formula is C32H27N5O. The Morgan fingerprint density at radius 2 is 1.71 bits per heavy atom. The van der Waals surface area contributed by atoms with Gasteiger partial charge in [0.2, 0.25) is 0 Å². The molecule has 3 aromatic carbocycles. The number of anilines is 2. The molecule has 0 aliphatic heterocycles. The minimum Gasteiger partial charge on any atom is -0.361 e. The summed E-state index contributed by atoms with van der Waals surface area (Å²) in [6.07, 6.45) is 9.73. The molecule has 1 aliphatic rings. The van der Waals surface area contributed by atoms with E-state index in [4.69, 9.17) is 0 Å². The Kier molecular flexibility index (Phi) is 6.33. The van der Waals surface area contributed by atoms with E-state index in [0.29, 0.717) is 16.8 Å². The van der Waals surface area contributed by atoms with Crippen molar-refractivity contribution < 1.29 is 4.79 Å². The predicted octanol–water partition coefficient (Wildman–Crippen LogP) is 7.18. The van der Waals surface area contributed by atoms with Crippen LogP contribution in [0.2, 0.25) is 0 Å². The SMILES string of the molecule is N#Cc1cncc(-c2cccc(-c3cccc(C(=O)NC4CCCC4)c3)c2)c1Nc1ccc2[nH]ccc2c1. The fourth-order valence-corrected chi connectivity index (χ4v) is 5.22. The molecule has 6 nitrogen and oxygen atoms in total. The number of hydrogen-bond donors (Lipinski definition) is 3. The van der Waals surface area contributed by atoms with Crippen molar-refractivity contribution in [2.75, 3.05) is 5.32 Å². The fourth-order valence-electron chi connectivity index (χ4n) is 5.22. The van der Waals surface area contributed by atoms with Crippen LogP contribution in [-0.4, -0.2) is 21.9 Å². The van der Waals surface area contributed by atoms with Gasteiger partial charge in [-0.25, -0.2) is 0 Å². The standard InChI is InChI=1S/C32H27N5O/c33-18-26-19-34-20-29(31(26)36-28-11-12-30-24(17-28)13-14-35-30)23-7-3-5-21(15-23)22-6-4-8-25(16-22)32(38)37-27-9-1-2-10-27/h3-8,11-17,19-20,27,35H,1-2,9-10H2,(H,34,36)(H,37,38). The van der Waals surface area contributed by atoms with Gasteiger partial charge in [0.05, 0.1) is 11.3 Å². The number of nitriles is 1. The first-order valence-corrected chi connectivity index (χ1v) is 12.9. The van der Waals surface area contributed by atoms with Crippen LogP contribution in [0.1, 0.15) is 41.6 Å². The molecule has 6 heteroatoms. The predicted molar refractivity (Wildman–Crippen MR) is 151 cm³/mol. The van der Waals surface area contributed by atoms with Crippen molar-refractivity contribution in [1.82, 2.24) is 15.3 Å². The van der Waals surface area contributed by atoms with E-state index in [-0.39, 0.29) is 11.9 Å². The molecule has 0 radical (unpaired) electrons. The van der Waals surface area contributed by atoms with Crippen LogP contribution in [0.25, 0.3) is 33.2 Å². The maximum atomic E-state index is 12.9. The quantitative estimate of drug-likeness (QED) is 0.231. The van der Waals surface area contributed by atoms with Crippen molar-refractivity contribution in [1.29, 1.82) is 5.26 Å². The molecule has 6 rings (SSSR count). The summed E-state index contributed by atoms with van der Waals surface area (Å²) >= 11 is 0. The Morgan fingerprint density at radius 1 is 0.921 bits per heavy atom. The van der Waals surface area contributed by atoms with E-state index < -0.39 is 0 Å². The second kappa shape index (κ2) is 10.2. The van der Waals surface area contributed by atoms with Gasteiger partial charge in [0.25, 0.3) is 5.91 Å². The molecule has 0 saturated heterocycles. The second-order valence-corrected chi connectivity index (χ2v) is 9.74. The van der Waals surface area contributed by atoms with Crippen LogP contribution < -0.4 is 10.6 Å². The summed E-state index contributed by atoms with van der Waals surface area (Å²) < 4.78 is 0. The maximum Gasteiger partial charge on any atom is 0.251 e. The van der Waals surface area contributed by atoms with E-state index >= 15 is 0 Å². The Labute approximate surface area is 221 Å². The normalized spacial score (nSPS) is 13.3. The Bertz CT molecular complexity index is 1670. The largest absolute Gasteiger partial charge is 0.361 e. The lowest BCUT2D eigenvalue weighted by atomic mass is 9.97. The lowest BCUT2D eigenvalue weighted by Gasteiger charge is -2.15. The second-order valence-electron chi connectivity index (χ2n) is 9.74. The van der Waals surface area contributed by atoms with Gasteiger partial charge in [-0.05, 0) is 72.0 Å². The van der Waals surface area contributed by atoms with Crippen molar-refractivity contribution in [2.24, 2.45) is 0 Å². The average molecular weight is 498 g/mol. The topological polar surface area (TPSA) is 93.6 Å². The van der Waals surface area contributed by atoms with Crippen LogP contribution in [0.3, 0.4) is 0 Å². The Hall–Kier alpha value is -4.89. The van der Waals surface area contributed by atoms with Gasteiger partial charge in [-0.15, -0.1) is 0 Å². The van der Waals surface area contributed by atoms with E-state index in [2.05, 4.69) is 38.8 Å². The smallest absolute Gasteiger partial charge is 0.251 e. The molecular weight excluding hydrogens is 470 g/mol. The number of hydrogen-bond acceptors (Lipinski definition) is 4. The summed E-state index contributed by atoms with van der Waals surface area (Å²) in [7, 11) is 0. The molecule has 1 fully saturated rings. The molecule has 1 aliphatic carbocycles. The van der Waals surface area contributed by atoms with Gasteiger partial charge >= 0.3 is 0 Å². The first-order valence-electron chi connectivity index (χ1n) is 12.9. The maximum absolute atomic E-state index is 12.9. The van der Waals surface area contributed by atoms with E-state index in [0.717, 1.165) is 51.7 Å². The average Bonchev–Trinajstić information content (AvgIpc) is 3.65. The molecule has 2 aromatic heterocycles. The molecule has 0 spiro atoms. The zero-order chi connectivity index (χ0) is 25.9. The highest BCUT2D eigenvalue weighted by Gasteiger charge is 2.18. The minimum atomic E-state index is -0.0216. The highest BCUT2D eigenvalue weighted by molar-refractivity contribution is 5.96. The number of pyridine rings is 1. The van der Waals surface area contributed by atoms with Crippen molar-refractivity contribution in [3.63, 3.8) is 0 Å². The fraction of sp³-hybridized carbons (Fsp3) is 0.156. The van der Waals surface area contributed by atoms with E-state index in [9.17, 15) is 10.1 Å². The lowest BCUT2D eigenvalue weighted by Crippen LogP contribution is -2.32. The van der Waals surface area contributed by atoms with Crippen LogP contribution in [-0.2, 0) is 0 Å². The molecule has 38 heavy (non-hydrogen) atoms. The summed E-state index contributed by atoms with van der Waals surface area (Å²) in [6, 6.07) is 26.5. The van der Waals surface area contributed by atoms with E-state index in [1.165, 1.54) is 12.8 Å². The molecule has 186 valence electrons. The van der Waals surface area contributed by atoms with Gasteiger partial charge in [-0.1, -0.05) is 43.2 Å². The first-order chi connectivity index (χ1) is 18.7. The molecule has 0 unspecified atom stereocenters. The van der Waals surface area contributed by atoms with Gasteiger partial charge < -0.3 is 15.6 Å². The summed E-state index contributed by atoms with van der Waals surface area (Å²) in [5, 5.41) is 17.6. The zero-order valence-corrected chi connectivity index (χ0v) is 20.9. The molecule has 1 saturated carbocycles. The molecule has 3 N–H and O–H groups in total. The zero-order valence-electron chi connectivity index (χ0n) is 20.9. The summed E-state index contributed by atoms with van der Waals surface area (Å²) in [4.78, 5) is 20.4. The highest BCUT2D eigenvalue weighted by atomic mass is 16.1. The number of H-pyrrole nitrogens is 1. The third kappa shape index (κ3) is 4.74. The Morgan fingerprint density at radius 3 is 2.55 bits per heavy atom. The number of benzene rings is 3. The number of nitrogens with one attached hydrogen (secondary N) is 3. The summed E-state index contributed by atoms with van der Waals surface area (Å²) in [5.41, 5.74) is 7.48. The van der Waals surface area contributed by atoms with Crippen LogP contribution in [0, 0.1) is 11.3 Å². The number of rotatable bonds is 6. The molecule has 1 amide bonds. The van der Waals surface area contributed by atoms with Gasteiger partial charge in [0.15, 0.2) is 0 Å². The number of nitrogens with zero attached hydrogens (tertiary/aromatic N) is 2. The van der Waals surface area contributed by atoms with Crippen molar-refractivity contribution in [3.8, 4) is 28.3 Å². The Balaban J connectivity index is 1.33. The molecule has 2 heterocycles. The van der Waals surface area contributed by atoms with Gasteiger partial charge in [0, 0.05) is 52.3 Å². The van der Waals surface area contributed by atoms with Crippen molar-refractivity contribution >= 4 is 28.2 Å². The molecule has 0 atom stereocenters. The number of carbonyl (C=O) groups is 1.